The first-order valence-electron chi connectivity index (χ1n) is 4.38. The first-order chi connectivity index (χ1) is 8.65. The van der Waals surface area contributed by atoms with E-state index in [4.69, 9.17) is 118 Å². The van der Waals surface area contributed by atoms with E-state index in [-0.39, 0.29) is 0 Å². The molecule has 0 rings (SSSR count). The zero-order valence-electron chi connectivity index (χ0n) is 8.67. The summed E-state index contributed by atoms with van der Waals surface area (Å²) in [5, 5.41) is 0. The topological polar surface area (TPSA) is 27.7 Å². The summed E-state index contributed by atoms with van der Waals surface area (Å²) < 4.78 is 15.0. The standard InChI is InChI=1S/C6H6BCl9O3/c8-1(9)4(14)17-7(18-5(15)2(10)11)19-6(16)3(12)13/h1-6H. The number of hydrogen-bond donors (Lipinski definition) is 0. The minimum absolute atomic E-state index is 1.07. The molecular formula is C6H6BCl9O3. The van der Waals surface area contributed by atoms with Crippen molar-refractivity contribution in [2.75, 3.05) is 0 Å². The quantitative estimate of drug-likeness (QED) is 0.356. The maximum atomic E-state index is 5.67. The fourth-order valence-corrected chi connectivity index (χ4v) is 1.20. The van der Waals surface area contributed by atoms with Crippen molar-refractivity contribution in [1.29, 1.82) is 0 Å². The van der Waals surface area contributed by atoms with Gasteiger partial charge in [0.2, 0.25) is 0 Å². The highest BCUT2D eigenvalue weighted by Crippen LogP contribution is 2.24. The predicted octanol–water partition coefficient (Wildman–Crippen LogP) is 5.13. The molecule has 0 N–H and O–H groups in total. The monoisotopic (exact) mass is 452 g/mol. The second-order valence-electron chi connectivity index (χ2n) is 2.75. The van der Waals surface area contributed by atoms with Gasteiger partial charge in [0.1, 0.15) is 14.5 Å². The van der Waals surface area contributed by atoms with Crippen LogP contribution < -0.4 is 0 Å². The van der Waals surface area contributed by atoms with Gasteiger partial charge in [-0.1, -0.05) is 34.8 Å². The van der Waals surface area contributed by atoms with Crippen molar-refractivity contribution in [3.63, 3.8) is 0 Å². The van der Waals surface area contributed by atoms with E-state index in [9.17, 15) is 0 Å². The Morgan fingerprint density at radius 3 is 0.842 bits per heavy atom. The highest BCUT2D eigenvalue weighted by Gasteiger charge is 2.35. The number of halogens is 9. The summed E-state index contributed by atoms with van der Waals surface area (Å²) in [5.41, 5.74) is -3.52. The average molecular weight is 456 g/mol. The molecule has 0 aliphatic heterocycles. The molecule has 0 aliphatic rings. The van der Waals surface area contributed by atoms with E-state index in [0.29, 0.717) is 0 Å². The van der Waals surface area contributed by atoms with Crippen LogP contribution in [0.25, 0.3) is 0 Å². The Balaban J connectivity index is 4.54. The molecule has 0 saturated carbocycles. The third kappa shape index (κ3) is 10.0. The fourth-order valence-electron chi connectivity index (χ4n) is 0.593. The highest BCUT2D eigenvalue weighted by molar-refractivity contribution is 6.51. The van der Waals surface area contributed by atoms with Crippen LogP contribution in [-0.2, 0) is 14.0 Å². The Labute approximate surface area is 156 Å². The van der Waals surface area contributed by atoms with Gasteiger partial charge in [0, 0.05) is 0 Å². The molecule has 0 radical (unpaired) electrons. The lowest BCUT2D eigenvalue weighted by Gasteiger charge is -2.23. The Bertz CT molecular complexity index is 208. The lowest BCUT2D eigenvalue weighted by atomic mass is 10.2. The van der Waals surface area contributed by atoms with Gasteiger partial charge in [0.05, 0.1) is 0 Å². The average Bonchev–Trinajstić information content (AvgIpc) is 2.27. The summed E-state index contributed by atoms with van der Waals surface area (Å²) in [6, 6.07) is 0. The van der Waals surface area contributed by atoms with E-state index in [2.05, 4.69) is 0 Å². The van der Waals surface area contributed by atoms with Crippen LogP contribution in [-0.4, -0.2) is 38.5 Å². The number of hydrogen-bond acceptors (Lipinski definition) is 3. The summed E-state index contributed by atoms with van der Waals surface area (Å²) in [6.45, 7) is 0. The molecule has 3 nitrogen and oxygen atoms in total. The third-order valence-electron chi connectivity index (χ3n) is 1.32. The molecule has 19 heavy (non-hydrogen) atoms. The van der Waals surface area contributed by atoms with Crippen molar-refractivity contribution < 1.29 is 14.0 Å². The van der Waals surface area contributed by atoms with Gasteiger partial charge in [0.25, 0.3) is 0 Å². The van der Waals surface area contributed by atoms with Crippen LogP contribution in [0.5, 0.6) is 0 Å². The van der Waals surface area contributed by atoms with Gasteiger partial charge in [-0.2, -0.15) is 0 Å². The number of alkyl halides is 9. The van der Waals surface area contributed by atoms with Gasteiger partial charge in [0.15, 0.2) is 16.7 Å². The molecule has 0 amide bonds. The van der Waals surface area contributed by atoms with Gasteiger partial charge in [-0.3, -0.25) is 0 Å². The molecule has 0 aliphatic carbocycles. The van der Waals surface area contributed by atoms with Gasteiger partial charge in [-0.05, 0) is 0 Å². The summed E-state index contributed by atoms with van der Waals surface area (Å²) >= 11 is 50.0. The minimum Gasteiger partial charge on any atom is -0.366 e. The van der Waals surface area contributed by atoms with E-state index >= 15 is 0 Å². The Morgan fingerprint density at radius 2 is 0.684 bits per heavy atom. The zero-order valence-corrected chi connectivity index (χ0v) is 15.5. The summed E-state index contributed by atoms with van der Waals surface area (Å²) in [5.74, 6) is 0. The van der Waals surface area contributed by atoms with Crippen LogP contribution in [0.2, 0.25) is 0 Å². The molecule has 0 fully saturated rings. The Kier molecular flexibility index (Phi) is 12.6. The van der Waals surface area contributed by atoms with Gasteiger partial charge in [-0.15, -0.1) is 69.6 Å². The fraction of sp³-hybridized carbons (Fsp3) is 1.00. The van der Waals surface area contributed by atoms with E-state index in [1.165, 1.54) is 0 Å². The van der Waals surface area contributed by atoms with Crippen LogP contribution in [0.1, 0.15) is 0 Å². The van der Waals surface area contributed by atoms with E-state index in [1.807, 2.05) is 0 Å². The molecular weight excluding hydrogens is 450 g/mol. The van der Waals surface area contributed by atoms with E-state index in [0.717, 1.165) is 0 Å². The highest BCUT2D eigenvalue weighted by atomic mass is 35.5. The lowest BCUT2D eigenvalue weighted by molar-refractivity contribution is 0.0720. The molecule has 0 bridgehead atoms. The maximum Gasteiger partial charge on any atom is 0.643 e. The maximum absolute atomic E-state index is 5.67. The molecule has 3 atom stereocenters. The third-order valence-corrected chi connectivity index (χ3v) is 4.53. The summed E-state index contributed by atoms with van der Waals surface area (Å²) in [7, 11) is -1.48. The molecule has 0 aromatic rings. The van der Waals surface area contributed by atoms with E-state index in [1.54, 1.807) is 0 Å². The second kappa shape index (κ2) is 11.1. The van der Waals surface area contributed by atoms with Crippen LogP contribution >= 0.6 is 104 Å². The van der Waals surface area contributed by atoms with E-state index < -0.39 is 38.5 Å². The minimum atomic E-state index is -1.48. The molecule has 3 unspecified atom stereocenters. The lowest BCUT2D eigenvalue weighted by Crippen LogP contribution is -2.39. The zero-order chi connectivity index (χ0) is 15.2. The van der Waals surface area contributed by atoms with Gasteiger partial charge < -0.3 is 14.0 Å². The smallest absolute Gasteiger partial charge is 0.366 e. The number of rotatable bonds is 9. The first kappa shape index (κ1) is 21.6. The molecule has 0 spiro atoms. The summed E-state index contributed by atoms with van der Waals surface area (Å²) in [6.07, 6.45) is 0. The predicted molar refractivity (Wildman–Crippen MR) is 84.4 cm³/mol. The van der Waals surface area contributed by atoms with Crippen LogP contribution in [0, 0.1) is 0 Å². The molecule has 0 saturated heterocycles. The first-order valence-corrected chi connectivity index (χ1v) is 8.31. The molecule has 0 aromatic heterocycles. The Hall–Kier alpha value is 2.55. The van der Waals surface area contributed by atoms with Gasteiger partial charge >= 0.3 is 7.32 Å². The molecule has 13 heteroatoms. The van der Waals surface area contributed by atoms with Crippen molar-refractivity contribution in [1.82, 2.24) is 0 Å². The normalized spacial score (nSPS) is 17.1. The van der Waals surface area contributed by atoms with Crippen molar-refractivity contribution in [2.45, 2.75) is 31.2 Å². The van der Waals surface area contributed by atoms with Crippen LogP contribution in [0.3, 0.4) is 0 Å². The SMILES string of the molecule is ClC(Cl)C(Cl)OB(OC(Cl)C(Cl)Cl)OC(Cl)C(Cl)Cl. The van der Waals surface area contributed by atoms with Crippen molar-refractivity contribution in [3.05, 3.63) is 0 Å². The largest absolute Gasteiger partial charge is 0.643 e. The Morgan fingerprint density at radius 1 is 0.474 bits per heavy atom. The van der Waals surface area contributed by atoms with Crippen LogP contribution in [0.15, 0.2) is 0 Å². The summed E-state index contributed by atoms with van der Waals surface area (Å²) in [4.78, 5) is -3.20. The van der Waals surface area contributed by atoms with Crippen LogP contribution in [0.4, 0.5) is 0 Å². The molecule has 114 valence electrons. The van der Waals surface area contributed by atoms with Crippen molar-refractivity contribution in [2.24, 2.45) is 0 Å². The van der Waals surface area contributed by atoms with Crippen molar-refractivity contribution in [3.8, 4) is 0 Å². The van der Waals surface area contributed by atoms with Crippen molar-refractivity contribution >= 4 is 112 Å². The molecule has 0 heterocycles. The second-order valence-corrected chi connectivity index (χ2v) is 7.54. The molecule has 0 aromatic carbocycles. The van der Waals surface area contributed by atoms with Gasteiger partial charge in [-0.25, -0.2) is 0 Å².